The van der Waals surface area contributed by atoms with Crippen molar-refractivity contribution in [1.82, 2.24) is 4.58 Å². The first kappa shape index (κ1) is 20.1. The van der Waals surface area contributed by atoms with E-state index in [0.29, 0.717) is 12.6 Å². The lowest BCUT2D eigenvalue weighted by molar-refractivity contribution is 0.254. The molecule has 0 saturated carbocycles. The van der Waals surface area contributed by atoms with E-state index in [1.165, 1.54) is 10.9 Å². The number of benzene rings is 1. The molecule has 8 heteroatoms. The molecule has 24 heavy (non-hydrogen) atoms. The Balaban J connectivity index is 0.000000505. The Bertz CT molecular complexity index is 685. The van der Waals surface area contributed by atoms with Crippen LogP contribution in [0.2, 0.25) is 0 Å². The maximum Gasteiger partial charge on any atom is 0.673 e. The van der Waals surface area contributed by atoms with E-state index in [4.69, 9.17) is 9.15 Å². The van der Waals surface area contributed by atoms with Gasteiger partial charge in [0.25, 0.3) is 5.95 Å². The Hall–Kier alpha value is -1.99. The van der Waals surface area contributed by atoms with Crippen LogP contribution in [0.25, 0.3) is 11.3 Å². The van der Waals surface area contributed by atoms with Crippen molar-refractivity contribution in [1.29, 1.82) is 0 Å². The summed E-state index contributed by atoms with van der Waals surface area (Å²) in [4.78, 5) is 0. The SMILES string of the molecule is CCOc1cc(C)c2ccc(=[N+](CC)CC)cc-2o1.F[B-](F)(F)F. The zero-order chi connectivity index (χ0) is 18.3. The number of aryl methyl sites for hydroxylation is 1. The maximum absolute atomic E-state index is 9.75. The quantitative estimate of drug-likeness (QED) is 0.471. The molecule has 0 unspecified atom stereocenters. The first-order valence-electron chi connectivity index (χ1n) is 7.82. The summed E-state index contributed by atoms with van der Waals surface area (Å²) >= 11 is 0. The molecule has 3 nitrogen and oxygen atoms in total. The molecule has 0 N–H and O–H groups in total. The highest BCUT2D eigenvalue weighted by molar-refractivity contribution is 6.50. The molecule has 0 fully saturated rings. The molecule has 2 aliphatic rings. The molecule has 0 aromatic heterocycles. The van der Waals surface area contributed by atoms with Crippen molar-refractivity contribution in [2.75, 3.05) is 19.7 Å². The van der Waals surface area contributed by atoms with Gasteiger partial charge >= 0.3 is 7.25 Å². The van der Waals surface area contributed by atoms with Crippen LogP contribution >= 0.6 is 0 Å². The summed E-state index contributed by atoms with van der Waals surface area (Å²) in [6.07, 6.45) is 0. The Morgan fingerprint density at radius 2 is 1.62 bits per heavy atom. The van der Waals surface area contributed by atoms with Gasteiger partial charge in [0.1, 0.15) is 18.8 Å². The average molecular weight is 347 g/mol. The van der Waals surface area contributed by atoms with Crippen LogP contribution in [-0.4, -0.2) is 27.0 Å². The van der Waals surface area contributed by atoms with Gasteiger partial charge in [0.05, 0.1) is 12.7 Å². The molecule has 0 aromatic rings. The van der Waals surface area contributed by atoms with E-state index in [2.05, 4.69) is 43.5 Å². The highest BCUT2D eigenvalue weighted by Gasteiger charge is 2.20. The van der Waals surface area contributed by atoms with Crippen molar-refractivity contribution < 1.29 is 26.4 Å². The number of ether oxygens (including phenoxy) is 1. The van der Waals surface area contributed by atoms with E-state index in [-0.39, 0.29) is 0 Å². The number of hydrogen-bond acceptors (Lipinski definition) is 2. The van der Waals surface area contributed by atoms with E-state index in [1.807, 2.05) is 13.0 Å². The normalized spacial score (nSPS) is 11.0. The standard InChI is InChI=1S/C16H22NO2.BF4/c1-5-17(6-2)13-8-9-14-12(4)10-16(18-7-3)19-15(14)11-13;2-1(3,4)5/h8-11H,5-7H2,1-4H3;/q+1;-1. The second-order valence-corrected chi connectivity index (χ2v) is 5.03. The fraction of sp³-hybridized carbons (Fsp3) is 0.438. The number of hydrogen-bond donors (Lipinski definition) is 0. The lowest BCUT2D eigenvalue weighted by Gasteiger charge is -2.10. The van der Waals surface area contributed by atoms with Crippen LogP contribution in [0, 0.1) is 6.92 Å². The second-order valence-electron chi connectivity index (χ2n) is 5.03. The Morgan fingerprint density at radius 3 is 2.12 bits per heavy atom. The van der Waals surface area contributed by atoms with Crippen molar-refractivity contribution in [3.63, 3.8) is 0 Å². The van der Waals surface area contributed by atoms with Crippen LogP contribution < -0.4 is 14.7 Å². The minimum absolute atomic E-state index is 0.587. The smallest absolute Gasteiger partial charge is 0.465 e. The van der Waals surface area contributed by atoms with Crippen molar-refractivity contribution in [3.8, 4) is 17.3 Å². The van der Waals surface area contributed by atoms with E-state index >= 15 is 0 Å². The largest absolute Gasteiger partial charge is 0.673 e. The number of nitrogens with zero attached hydrogens (tertiary/aromatic N) is 1. The van der Waals surface area contributed by atoms with E-state index in [1.54, 1.807) is 0 Å². The van der Waals surface area contributed by atoms with Gasteiger partial charge in [-0.05, 0) is 39.3 Å². The minimum atomic E-state index is -6.00. The molecule has 1 heterocycles. The lowest BCUT2D eigenvalue weighted by atomic mass is 10.1. The van der Waals surface area contributed by atoms with Gasteiger partial charge in [-0.15, -0.1) is 0 Å². The lowest BCUT2D eigenvalue weighted by Crippen LogP contribution is -2.29. The zero-order valence-corrected chi connectivity index (χ0v) is 14.3. The number of halogens is 4. The van der Waals surface area contributed by atoms with E-state index in [9.17, 15) is 17.3 Å². The second kappa shape index (κ2) is 8.75. The van der Waals surface area contributed by atoms with E-state index in [0.717, 1.165) is 24.4 Å². The summed E-state index contributed by atoms with van der Waals surface area (Å²) in [6.45, 7) is 11.0. The first-order valence-corrected chi connectivity index (χ1v) is 7.82. The molecule has 1 aliphatic carbocycles. The van der Waals surface area contributed by atoms with Gasteiger partial charge in [-0.1, -0.05) is 0 Å². The highest BCUT2D eigenvalue weighted by atomic mass is 19.5. The van der Waals surface area contributed by atoms with Crippen molar-refractivity contribution in [2.45, 2.75) is 27.7 Å². The highest BCUT2D eigenvalue weighted by Crippen LogP contribution is 2.29. The summed E-state index contributed by atoms with van der Waals surface area (Å²) in [5.41, 5.74) is 2.31. The van der Waals surface area contributed by atoms with Crippen LogP contribution in [0.3, 0.4) is 0 Å². The maximum atomic E-state index is 9.75. The Morgan fingerprint density at radius 1 is 1.04 bits per heavy atom. The number of rotatable bonds is 4. The van der Waals surface area contributed by atoms with Crippen LogP contribution in [-0.2, 0) is 0 Å². The summed E-state index contributed by atoms with van der Waals surface area (Å²) in [5, 5.41) is 1.19. The summed E-state index contributed by atoms with van der Waals surface area (Å²) < 4.78 is 52.6. The fourth-order valence-electron chi connectivity index (χ4n) is 2.31. The minimum Gasteiger partial charge on any atom is -0.465 e. The molecule has 2 rings (SSSR count). The van der Waals surface area contributed by atoms with Gasteiger partial charge < -0.3 is 26.4 Å². The third-order valence-corrected chi connectivity index (χ3v) is 3.35. The van der Waals surface area contributed by atoms with Gasteiger partial charge in [0, 0.05) is 17.7 Å². The van der Waals surface area contributed by atoms with Gasteiger partial charge in [0.15, 0.2) is 0 Å². The predicted octanol–water partition coefficient (Wildman–Crippen LogP) is 4.20. The van der Waals surface area contributed by atoms with Crippen LogP contribution in [0.4, 0.5) is 17.3 Å². The van der Waals surface area contributed by atoms with Crippen LogP contribution in [0.15, 0.2) is 28.7 Å². The summed E-state index contributed by atoms with van der Waals surface area (Å²) in [6, 6.07) is 8.32. The molecule has 1 aliphatic heterocycles. The molecule has 0 radical (unpaired) electrons. The molecule has 0 spiro atoms. The molecule has 0 amide bonds. The average Bonchev–Trinajstić information content (AvgIpc) is 2.47. The number of fused-ring (bicyclic) bond motifs is 1. The molecular weight excluding hydrogens is 325 g/mol. The topological polar surface area (TPSA) is 25.4 Å². The van der Waals surface area contributed by atoms with Gasteiger partial charge in [-0.25, -0.2) is 4.58 Å². The molecule has 0 aromatic carbocycles. The first-order chi connectivity index (χ1) is 11.2. The Kier molecular flexibility index (Phi) is 7.32. The molecule has 134 valence electrons. The summed E-state index contributed by atoms with van der Waals surface area (Å²) in [7, 11) is -6.00. The van der Waals surface area contributed by atoms with Gasteiger partial charge in [-0.2, -0.15) is 0 Å². The van der Waals surface area contributed by atoms with Crippen molar-refractivity contribution in [3.05, 3.63) is 35.2 Å². The van der Waals surface area contributed by atoms with Crippen LogP contribution in [0.5, 0.6) is 5.95 Å². The molecular formula is C16H22BF4NO2. The van der Waals surface area contributed by atoms with Crippen molar-refractivity contribution >= 4 is 7.25 Å². The van der Waals surface area contributed by atoms with Crippen LogP contribution in [0.1, 0.15) is 26.3 Å². The third kappa shape index (κ3) is 6.25. The predicted molar refractivity (Wildman–Crippen MR) is 87.8 cm³/mol. The van der Waals surface area contributed by atoms with Gasteiger partial charge in [0.2, 0.25) is 5.36 Å². The van der Waals surface area contributed by atoms with E-state index < -0.39 is 7.25 Å². The Labute approximate surface area is 139 Å². The zero-order valence-electron chi connectivity index (χ0n) is 14.3. The molecule has 0 saturated heterocycles. The van der Waals surface area contributed by atoms with Gasteiger partial charge in [-0.3, -0.25) is 0 Å². The molecule has 0 bridgehead atoms. The fourth-order valence-corrected chi connectivity index (χ4v) is 2.31. The molecule has 0 atom stereocenters. The monoisotopic (exact) mass is 347 g/mol. The third-order valence-electron chi connectivity index (χ3n) is 3.35. The summed E-state index contributed by atoms with van der Waals surface area (Å²) in [5.74, 6) is 1.47. The van der Waals surface area contributed by atoms with Crippen molar-refractivity contribution in [2.24, 2.45) is 0 Å².